The number of carbonyl (C=O) groups is 2. The summed E-state index contributed by atoms with van der Waals surface area (Å²) in [5.74, 6) is 1.14. The summed E-state index contributed by atoms with van der Waals surface area (Å²) < 4.78 is 12.0. The Hall–Kier alpha value is -3.34. The Balaban J connectivity index is 2.36. The number of allylic oxidation sites excluding steroid dienone is 2. The van der Waals surface area contributed by atoms with Crippen molar-refractivity contribution < 1.29 is 19.1 Å². The first-order chi connectivity index (χ1) is 15.1. The normalized spacial score (nSPS) is 11.1. The van der Waals surface area contributed by atoms with Crippen molar-refractivity contribution in [3.63, 3.8) is 0 Å². The number of ketones is 1. The van der Waals surface area contributed by atoms with E-state index in [1.165, 1.54) is 11.0 Å². The van der Waals surface area contributed by atoms with Gasteiger partial charge in [-0.1, -0.05) is 18.2 Å². The minimum absolute atomic E-state index is 0.0239. The van der Waals surface area contributed by atoms with Gasteiger partial charge in [0, 0.05) is 36.9 Å². The molecule has 0 saturated heterocycles. The largest absolute Gasteiger partial charge is 0.491 e. The molecule has 0 aromatic heterocycles. The average molecular weight is 436 g/mol. The smallest absolute Gasteiger partial charge is 0.253 e. The molecular weight excluding hydrogens is 402 g/mol. The van der Waals surface area contributed by atoms with Gasteiger partial charge < -0.3 is 14.4 Å². The third-order valence-electron chi connectivity index (χ3n) is 4.52. The van der Waals surface area contributed by atoms with E-state index in [2.05, 4.69) is 6.58 Å². The van der Waals surface area contributed by atoms with Crippen LogP contribution < -0.4 is 9.47 Å². The van der Waals surface area contributed by atoms with E-state index in [1.54, 1.807) is 44.4 Å². The molecule has 32 heavy (non-hydrogen) atoms. The maximum Gasteiger partial charge on any atom is 0.253 e. The second kappa shape index (κ2) is 11.3. The first kappa shape index (κ1) is 24.9. The predicted octanol–water partition coefficient (Wildman–Crippen LogP) is 5.59. The first-order valence-corrected chi connectivity index (χ1v) is 10.8. The molecule has 0 spiro atoms. The van der Waals surface area contributed by atoms with Crippen LogP contribution in [-0.2, 0) is 6.42 Å². The molecule has 0 saturated carbocycles. The highest BCUT2D eigenvalue weighted by Gasteiger charge is 2.14. The molecule has 0 bridgehead atoms. The minimum Gasteiger partial charge on any atom is -0.491 e. The SMILES string of the molecule is C=CCc1cc(C=CC(=O)c2ccc(C(=O)N(C)C)cc2)c(OC(C)C)cc1OC(C)C. The molecule has 1 amide bonds. The number of hydrogen-bond donors (Lipinski definition) is 0. The second-order valence-electron chi connectivity index (χ2n) is 8.30. The number of amides is 1. The van der Waals surface area contributed by atoms with E-state index < -0.39 is 0 Å². The molecule has 0 fully saturated rings. The highest BCUT2D eigenvalue weighted by Crippen LogP contribution is 2.32. The fraction of sp³-hybridized carbons (Fsp3) is 0.333. The third-order valence-corrected chi connectivity index (χ3v) is 4.52. The average Bonchev–Trinajstić information content (AvgIpc) is 2.73. The van der Waals surface area contributed by atoms with Gasteiger partial charge in [-0.15, -0.1) is 6.58 Å². The summed E-state index contributed by atoms with van der Waals surface area (Å²) in [7, 11) is 3.39. The van der Waals surface area contributed by atoms with Gasteiger partial charge in [-0.05, 0) is 70.0 Å². The highest BCUT2D eigenvalue weighted by atomic mass is 16.5. The maximum absolute atomic E-state index is 12.7. The van der Waals surface area contributed by atoms with Crippen molar-refractivity contribution >= 4 is 17.8 Å². The van der Waals surface area contributed by atoms with Gasteiger partial charge in [-0.25, -0.2) is 0 Å². The fourth-order valence-electron chi connectivity index (χ4n) is 3.09. The molecule has 0 aliphatic heterocycles. The lowest BCUT2D eigenvalue weighted by Crippen LogP contribution is -2.21. The fourth-order valence-corrected chi connectivity index (χ4v) is 3.09. The Morgan fingerprint density at radius 3 is 2.03 bits per heavy atom. The highest BCUT2D eigenvalue weighted by molar-refractivity contribution is 6.07. The lowest BCUT2D eigenvalue weighted by atomic mass is 10.0. The summed E-state index contributed by atoms with van der Waals surface area (Å²) in [6.45, 7) is 11.7. The molecule has 0 aliphatic rings. The van der Waals surface area contributed by atoms with Crippen LogP contribution in [0.3, 0.4) is 0 Å². The van der Waals surface area contributed by atoms with Crippen LogP contribution in [-0.4, -0.2) is 42.9 Å². The third kappa shape index (κ3) is 6.84. The van der Waals surface area contributed by atoms with Crippen LogP contribution in [0.5, 0.6) is 11.5 Å². The summed E-state index contributed by atoms with van der Waals surface area (Å²) in [6.07, 6.45) is 5.73. The monoisotopic (exact) mass is 435 g/mol. The first-order valence-electron chi connectivity index (χ1n) is 10.8. The molecule has 5 heteroatoms. The Morgan fingerprint density at radius 1 is 0.938 bits per heavy atom. The summed E-state index contributed by atoms with van der Waals surface area (Å²) >= 11 is 0. The Bertz CT molecular complexity index is 985. The van der Waals surface area contributed by atoms with Gasteiger partial charge in [0.15, 0.2) is 5.78 Å². The van der Waals surface area contributed by atoms with Gasteiger partial charge in [0.2, 0.25) is 0 Å². The molecule has 2 aromatic rings. The number of nitrogens with zero attached hydrogens (tertiary/aromatic N) is 1. The number of carbonyl (C=O) groups excluding carboxylic acids is 2. The van der Waals surface area contributed by atoms with Gasteiger partial charge in [-0.2, -0.15) is 0 Å². The van der Waals surface area contributed by atoms with Crippen molar-refractivity contribution in [2.24, 2.45) is 0 Å². The van der Waals surface area contributed by atoms with Gasteiger partial charge in [0.05, 0.1) is 12.2 Å². The number of ether oxygens (including phenoxy) is 2. The van der Waals surface area contributed by atoms with E-state index in [1.807, 2.05) is 45.9 Å². The summed E-state index contributed by atoms with van der Waals surface area (Å²) in [4.78, 5) is 26.3. The lowest BCUT2D eigenvalue weighted by molar-refractivity contribution is 0.0827. The minimum atomic E-state index is -0.155. The van der Waals surface area contributed by atoms with Gasteiger partial charge in [0.1, 0.15) is 11.5 Å². The van der Waals surface area contributed by atoms with Crippen molar-refractivity contribution in [2.45, 2.75) is 46.3 Å². The van der Waals surface area contributed by atoms with Crippen LogP contribution in [0.1, 0.15) is 59.5 Å². The molecule has 0 atom stereocenters. The molecule has 170 valence electrons. The van der Waals surface area contributed by atoms with Crippen LogP contribution in [0, 0.1) is 0 Å². The lowest BCUT2D eigenvalue weighted by Gasteiger charge is -2.19. The van der Waals surface area contributed by atoms with Crippen molar-refractivity contribution in [2.75, 3.05) is 14.1 Å². The zero-order chi connectivity index (χ0) is 23.8. The molecular formula is C27H33NO4. The molecule has 2 aromatic carbocycles. The molecule has 0 unspecified atom stereocenters. The van der Waals surface area contributed by atoms with Crippen LogP contribution in [0.15, 0.2) is 55.1 Å². The van der Waals surface area contributed by atoms with Crippen LogP contribution in [0.4, 0.5) is 0 Å². The molecule has 0 radical (unpaired) electrons. The standard InChI is InChI=1S/C27H33NO4/c1-8-9-22-16-23(26(32-19(4)5)17-25(22)31-18(2)3)14-15-24(29)20-10-12-21(13-11-20)27(30)28(6)7/h8,10-19H,1,9H2,2-7H3. The van der Waals surface area contributed by atoms with Gasteiger partial charge in [-0.3, -0.25) is 9.59 Å². The van der Waals surface area contributed by atoms with E-state index in [4.69, 9.17) is 9.47 Å². The molecule has 5 nitrogen and oxygen atoms in total. The van der Waals surface area contributed by atoms with Crippen LogP contribution in [0.25, 0.3) is 6.08 Å². The zero-order valence-electron chi connectivity index (χ0n) is 19.8. The van der Waals surface area contributed by atoms with Crippen LogP contribution in [0.2, 0.25) is 0 Å². The second-order valence-corrected chi connectivity index (χ2v) is 8.30. The van der Waals surface area contributed by atoms with Crippen molar-refractivity contribution in [1.82, 2.24) is 4.90 Å². The zero-order valence-corrected chi connectivity index (χ0v) is 19.8. The molecule has 0 aliphatic carbocycles. The van der Waals surface area contributed by atoms with Gasteiger partial charge in [0.25, 0.3) is 5.91 Å². The maximum atomic E-state index is 12.7. The van der Waals surface area contributed by atoms with E-state index in [9.17, 15) is 9.59 Å². The quantitative estimate of drug-likeness (QED) is 0.277. The molecule has 2 rings (SSSR count). The number of hydrogen-bond acceptors (Lipinski definition) is 4. The summed E-state index contributed by atoms with van der Waals surface area (Å²) in [5, 5.41) is 0. The Kier molecular flexibility index (Phi) is 8.82. The summed E-state index contributed by atoms with van der Waals surface area (Å²) in [5.41, 5.74) is 2.81. The predicted molar refractivity (Wildman–Crippen MR) is 130 cm³/mol. The van der Waals surface area contributed by atoms with Gasteiger partial charge >= 0.3 is 0 Å². The summed E-state index contributed by atoms with van der Waals surface area (Å²) in [6, 6.07) is 10.5. The topological polar surface area (TPSA) is 55.8 Å². The molecule has 0 heterocycles. The van der Waals surface area contributed by atoms with E-state index >= 15 is 0 Å². The molecule has 0 N–H and O–H groups in total. The van der Waals surface area contributed by atoms with Crippen molar-refractivity contribution in [3.05, 3.63) is 77.4 Å². The van der Waals surface area contributed by atoms with Crippen molar-refractivity contribution in [1.29, 1.82) is 0 Å². The van der Waals surface area contributed by atoms with Crippen LogP contribution >= 0.6 is 0 Å². The van der Waals surface area contributed by atoms with E-state index in [0.717, 1.165) is 16.9 Å². The van der Waals surface area contributed by atoms with E-state index in [-0.39, 0.29) is 23.9 Å². The number of benzene rings is 2. The number of rotatable bonds is 10. The Morgan fingerprint density at radius 2 is 1.50 bits per heavy atom. The Labute approximate surface area is 191 Å². The van der Waals surface area contributed by atoms with E-state index in [0.29, 0.717) is 23.3 Å². The van der Waals surface area contributed by atoms with Crippen molar-refractivity contribution in [3.8, 4) is 11.5 Å².